The number of nitrogens with zero attached hydrogens (tertiary/aromatic N) is 2. The monoisotopic (exact) mass is 730 g/mol. The first-order chi connectivity index (χ1) is 28.2. The molecule has 0 radical (unpaired) electrons. The molecule has 0 saturated carbocycles. The molecule has 0 saturated heterocycles. The normalized spacial score (nSPS) is 13.0. The Balaban J connectivity index is 1.01. The highest BCUT2D eigenvalue weighted by Crippen LogP contribution is 2.62. The zero-order valence-corrected chi connectivity index (χ0v) is 30.8. The molecule has 268 valence electrons. The van der Waals surface area contributed by atoms with Gasteiger partial charge in [-0.1, -0.05) is 176 Å². The molecule has 0 N–H and O–H groups in total. The molecular formula is C53H34N2O2. The minimum atomic E-state index is -0.528. The standard InChI is InChI=1S/C53H34N2O2/c1-5-15-35(16-6-1)36-25-27-37(28-26-36)45-34-46(55-52(54-45)38-17-7-2-8-18-38)39-29-31-47-49(33-39)56-48-32-30-44-50(51(48)57-47)42-23-13-14-24-43(42)53(44,40-19-9-3-10-20-40)41-21-11-4-12-22-41/h1-34H. The third kappa shape index (κ3) is 5.37. The number of rotatable bonds is 6. The summed E-state index contributed by atoms with van der Waals surface area (Å²) in [6, 6.07) is 71.8. The summed E-state index contributed by atoms with van der Waals surface area (Å²) >= 11 is 0. The molecule has 4 nitrogen and oxygen atoms in total. The molecule has 1 aromatic heterocycles. The Kier molecular flexibility index (Phi) is 7.68. The summed E-state index contributed by atoms with van der Waals surface area (Å²) in [6.45, 7) is 0. The Labute approximate surface area is 331 Å². The second kappa shape index (κ2) is 13.3. The summed E-state index contributed by atoms with van der Waals surface area (Å²) in [5.41, 5.74) is 13.3. The molecule has 57 heavy (non-hydrogen) atoms. The van der Waals surface area contributed by atoms with Crippen molar-refractivity contribution in [3.8, 4) is 79.2 Å². The van der Waals surface area contributed by atoms with Gasteiger partial charge in [0.15, 0.2) is 28.8 Å². The number of fused-ring (bicyclic) bond motifs is 6. The lowest BCUT2D eigenvalue weighted by Gasteiger charge is -2.34. The molecule has 0 spiro atoms. The lowest BCUT2D eigenvalue weighted by atomic mass is 9.68. The van der Waals surface area contributed by atoms with Gasteiger partial charge in [-0.05, 0) is 69.3 Å². The van der Waals surface area contributed by atoms with Crippen molar-refractivity contribution in [3.63, 3.8) is 0 Å². The lowest BCUT2D eigenvalue weighted by Crippen LogP contribution is -2.28. The number of hydrogen-bond donors (Lipinski definition) is 0. The first-order valence-corrected chi connectivity index (χ1v) is 19.2. The summed E-state index contributed by atoms with van der Waals surface area (Å²) in [5.74, 6) is 3.35. The zero-order valence-electron chi connectivity index (χ0n) is 30.8. The second-order valence-electron chi connectivity index (χ2n) is 14.5. The Hall–Kier alpha value is -7.56. The van der Waals surface area contributed by atoms with E-state index in [0.717, 1.165) is 50.5 Å². The molecule has 4 heteroatoms. The molecule has 1 aliphatic carbocycles. The summed E-state index contributed by atoms with van der Waals surface area (Å²) in [7, 11) is 0. The summed E-state index contributed by atoms with van der Waals surface area (Å²) < 4.78 is 13.7. The van der Waals surface area contributed by atoms with Crippen LogP contribution in [0.5, 0.6) is 23.0 Å². The van der Waals surface area contributed by atoms with E-state index in [0.29, 0.717) is 23.1 Å². The Morgan fingerprint density at radius 3 is 1.56 bits per heavy atom. The fraction of sp³-hybridized carbons (Fsp3) is 0.0189. The largest absolute Gasteiger partial charge is 0.449 e. The molecule has 0 amide bonds. The third-order valence-electron chi connectivity index (χ3n) is 11.3. The van der Waals surface area contributed by atoms with E-state index in [1.807, 2.05) is 48.5 Å². The lowest BCUT2D eigenvalue weighted by molar-refractivity contribution is 0.360. The van der Waals surface area contributed by atoms with Crippen LogP contribution in [0, 0.1) is 0 Å². The van der Waals surface area contributed by atoms with E-state index in [9.17, 15) is 0 Å². The quantitative estimate of drug-likeness (QED) is 0.171. The van der Waals surface area contributed by atoms with Crippen molar-refractivity contribution >= 4 is 0 Å². The molecular weight excluding hydrogens is 697 g/mol. The molecule has 11 rings (SSSR count). The fourth-order valence-corrected chi connectivity index (χ4v) is 8.65. The van der Waals surface area contributed by atoms with Gasteiger partial charge in [0.05, 0.1) is 16.8 Å². The van der Waals surface area contributed by atoms with E-state index >= 15 is 0 Å². The highest BCUT2D eigenvalue weighted by Gasteiger charge is 2.48. The molecule has 0 bridgehead atoms. The van der Waals surface area contributed by atoms with Crippen molar-refractivity contribution in [1.29, 1.82) is 0 Å². The fourth-order valence-electron chi connectivity index (χ4n) is 8.65. The van der Waals surface area contributed by atoms with Gasteiger partial charge >= 0.3 is 0 Å². The number of hydrogen-bond acceptors (Lipinski definition) is 4. The van der Waals surface area contributed by atoms with E-state index in [2.05, 4.69) is 158 Å². The molecule has 1 aliphatic heterocycles. The third-order valence-corrected chi connectivity index (χ3v) is 11.3. The van der Waals surface area contributed by atoms with Crippen molar-refractivity contribution in [2.45, 2.75) is 5.41 Å². The van der Waals surface area contributed by atoms with Crippen LogP contribution in [-0.4, -0.2) is 9.97 Å². The van der Waals surface area contributed by atoms with Crippen LogP contribution in [0.3, 0.4) is 0 Å². The number of aromatic nitrogens is 2. The first kappa shape index (κ1) is 32.8. The zero-order chi connectivity index (χ0) is 37.8. The van der Waals surface area contributed by atoms with Crippen molar-refractivity contribution in [2.75, 3.05) is 0 Å². The Bertz CT molecular complexity index is 2890. The van der Waals surface area contributed by atoms with Crippen LogP contribution >= 0.6 is 0 Å². The van der Waals surface area contributed by atoms with E-state index < -0.39 is 5.41 Å². The average molecular weight is 731 g/mol. The van der Waals surface area contributed by atoms with E-state index in [1.165, 1.54) is 27.8 Å². The van der Waals surface area contributed by atoms with E-state index in [-0.39, 0.29) is 0 Å². The molecule has 8 aromatic carbocycles. The summed E-state index contributed by atoms with van der Waals surface area (Å²) in [4.78, 5) is 10.2. The average Bonchev–Trinajstić information content (AvgIpc) is 3.61. The maximum absolute atomic E-state index is 6.91. The van der Waals surface area contributed by atoms with Gasteiger partial charge in [-0.25, -0.2) is 9.97 Å². The van der Waals surface area contributed by atoms with E-state index in [1.54, 1.807) is 0 Å². The SMILES string of the molecule is c1ccc(-c2ccc(-c3cc(-c4ccc5c(c4)Oc4ccc6c(c4O5)-c4ccccc4C6(c4ccccc4)c4ccccc4)nc(-c4ccccc4)n3)cc2)cc1. The maximum atomic E-state index is 6.91. The van der Waals surface area contributed by atoms with Crippen molar-refractivity contribution in [3.05, 3.63) is 229 Å². The highest BCUT2D eigenvalue weighted by atomic mass is 16.6. The van der Waals surface area contributed by atoms with Crippen molar-refractivity contribution < 1.29 is 9.47 Å². The van der Waals surface area contributed by atoms with Gasteiger partial charge < -0.3 is 9.47 Å². The molecule has 2 aliphatic rings. The van der Waals surface area contributed by atoms with Crippen LogP contribution in [0.4, 0.5) is 0 Å². The summed E-state index contributed by atoms with van der Waals surface area (Å²) in [5, 5.41) is 0. The van der Waals surface area contributed by atoms with E-state index in [4.69, 9.17) is 19.4 Å². The van der Waals surface area contributed by atoms with Gasteiger partial charge in [0.1, 0.15) is 0 Å². The van der Waals surface area contributed by atoms with Crippen molar-refractivity contribution in [1.82, 2.24) is 9.97 Å². The van der Waals surface area contributed by atoms with Crippen LogP contribution in [-0.2, 0) is 5.41 Å². The maximum Gasteiger partial charge on any atom is 0.178 e. The second-order valence-corrected chi connectivity index (χ2v) is 14.5. The van der Waals surface area contributed by atoms with Gasteiger partial charge in [0.25, 0.3) is 0 Å². The van der Waals surface area contributed by atoms with Crippen LogP contribution in [0.25, 0.3) is 56.2 Å². The van der Waals surface area contributed by atoms with Crippen LogP contribution in [0.2, 0.25) is 0 Å². The molecule has 0 fully saturated rings. The highest BCUT2D eigenvalue weighted by molar-refractivity contribution is 5.92. The predicted molar refractivity (Wildman–Crippen MR) is 228 cm³/mol. The van der Waals surface area contributed by atoms with Gasteiger partial charge in [-0.3, -0.25) is 0 Å². The predicted octanol–water partition coefficient (Wildman–Crippen LogP) is 13.4. The molecule has 0 atom stereocenters. The molecule has 9 aromatic rings. The topological polar surface area (TPSA) is 44.2 Å². The Morgan fingerprint density at radius 2 is 0.877 bits per heavy atom. The Morgan fingerprint density at radius 1 is 0.351 bits per heavy atom. The van der Waals surface area contributed by atoms with Gasteiger partial charge in [-0.2, -0.15) is 0 Å². The molecule has 2 heterocycles. The summed E-state index contributed by atoms with van der Waals surface area (Å²) in [6.07, 6.45) is 0. The van der Waals surface area contributed by atoms with Crippen LogP contribution in [0.15, 0.2) is 206 Å². The minimum Gasteiger partial charge on any atom is -0.449 e. The van der Waals surface area contributed by atoms with Crippen LogP contribution < -0.4 is 9.47 Å². The number of benzene rings is 8. The van der Waals surface area contributed by atoms with Gasteiger partial charge in [-0.15, -0.1) is 0 Å². The van der Waals surface area contributed by atoms with Crippen LogP contribution in [0.1, 0.15) is 22.3 Å². The molecule has 0 unspecified atom stereocenters. The smallest absolute Gasteiger partial charge is 0.178 e. The first-order valence-electron chi connectivity index (χ1n) is 19.2. The van der Waals surface area contributed by atoms with Gasteiger partial charge in [0, 0.05) is 22.3 Å². The number of ether oxygens (including phenoxy) is 2. The van der Waals surface area contributed by atoms with Gasteiger partial charge in [0.2, 0.25) is 0 Å². The van der Waals surface area contributed by atoms with Crippen molar-refractivity contribution in [2.24, 2.45) is 0 Å². The minimum absolute atomic E-state index is 0.528.